The molecular weight excluding hydrogens is 296 g/mol. The molecular formula is C13H22N2O5S. The van der Waals surface area contributed by atoms with E-state index in [2.05, 4.69) is 10.1 Å². The molecule has 1 saturated heterocycles. The fraction of sp³-hybridized carbons (Fsp3) is 0.769. The van der Waals surface area contributed by atoms with E-state index in [4.69, 9.17) is 5.11 Å². The molecule has 0 saturated carbocycles. The molecule has 1 aliphatic rings. The zero-order chi connectivity index (χ0) is 16.0. The van der Waals surface area contributed by atoms with Crippen LogP contribution in [0.5, 0.6) is 0 Å². The Bertz CT molecular complexity index is 404. The minimum absolute atomic E-state index is 0.0142. The Morgan fingerprint density at radius 2 is 2.10 bits per heavy atom. The molecule has 0 aliphatic carbocycles. The van der Waals surface area contributed by atoms with Crippen molar-refractivity contribution >= 4 is 29.7 Å². The highest BCUT2D eigenvalue weighted by molar-refractivity contribution is 8.00. The number of carbonyl (C=O) groups is 3. The molecule has 1 aliphatic heterocycles. The fourth-order valence-electron chi connectivity index (χ4n) is 2.07. The van der Waals surface area contributed by atoms with Gasteiger partial charge >= 0.3 is 18.0 Å². The monoisotopic (exact) mass is 318 g/mol. The topological polar surface area (TPSA) is 95.9 Å². The second-order valence-electron chi connectivity index (χ2n) is 4.97. The second kappa shape index (κ2) is 8.11. The highest BCUT2D eigenvalue weighted by atomic mass is 32.2. The molecule has 1 rings (SSSR count). The smallest absolute Gasteiger partial charge is 0.326 e. The highest BCUT2D eigenvalue weighted by Gasteiger charge is 2.31. The van der Waals surface area contributed by atoms with Crippen LogP contribution in [0.4, 0.5) is 4.79 Å². The molecule has 7 nitrogen and oxygen atoms in total. The summed E-state index contributed by atoms with van der Waals surface area (Å²) in [7, 11) is 1.24. The van der Waals surface area contributed by atoms with Crippen molar-refractivity contribution in [3.63, 3.8) is 0 Å². The normalized spacial score (nSPS) is 23.3. The maximum Gasteiger partial charge on any atom is 0.326 e. The molecule has 8 heteroatoms. The average Bonchev–Trinajstić information content (AvgIpc) is 2.45. The predicted molar refractivity (Wildman–Crippen MR) is 79.3 cm³/mol. The van der Waals surface area contributed by atoms with Gasteiger partial charge in [-0.3, -0.25) is 4.79 Å². The van der Waals surface area contributed by atoms with Crippen LogP contribution < -0.4 is 5.32 Å². The number of thioether (sulfide) groups is 1. The third kappa shape index (κ3) is 5.11. The number of aliphatic carboxylic acids is 1. The summed E-state index contributed by atoms with van der Waals surface area (Å²) in [5.41, 5.74) is 0. The second-order valence-corrected chi connectivity index (χ2v) is 6.45. The molecule has 1 heterocycles. The maximum atomic E-state index is 12.2. The van der Waals surface area contributed by atoms with E-state index in [9.17, 15) is 14.4 Å². The number of rotatable bonds is 5. The van der Waals surface area contributed by atoms with E-state index in [1.54, 1.807) is 16.7 Å². The standard InChI is InChI=1S/C13H22N2O5S/c1-8-9(2)21-7-6-15(8)13(19)14-10(12(17)18)4-5-11(16)20-3/h8-10H,4-7H2,1-3H3,(H,14,19)(H,17,18)/t8?,9?,10-/m0/s1. The van der Waals surface area contributed by atoms with Crippen LogP contribution in [0.15, 0.2) is 0 Å². The van der Waals surface area contributed by atoms with Crippen LogP contribution in [-0.4, -0.2) is 64.7 Å². The first-order chi connectivity index (χ1) is 9.86. The summed E-state index contributed by atoms with van der Waals surface area (Å²) in [5, 5.41) is 11.9. The number of methoxy groups -OCH3 is 1. The van der Waals surface area contributed by atoms with Crippen molar-refractivity contribution in [1.29, 1.82) is 0 Å². The third-order valence-corrected chi connectivity index (χ3v) is 4.94. The lowest BCUT2D eigenvalue weighted by Gasteiger charge is -2.37. The Kier molecular flexibility index (Phi) is 6.80. The lowest BCUT2D eigenvalue weighted by molar-refractivity contribution is -0.142. The minimum atomic E-state index is -1.15. The Morgan fingerprint density at radius 1 is 1.43 bits per heavy atom. The van der Waals surface area contributed by atoms with Crippen LogP contribution in [0.1, 0.15) is 26.7 Å². The summed E-state index contributed by atoms with van der Waals surface area (Å²) in [6.07, 6.45) is -0.0319. The lowest BCUT2D eigenvalue weighted by Crippen LogP contribution is -2.55. The van der Waals surface area contributed by atoms with Gasteiger partial charge in [0.2, 0.25) is 0 Å². The first kappa shape index (κ1) is 17.6. The first-order valence-corrected chi connectivity index (χ1v) is 7.90. The van der Waals surface area contributed by atoms with Crippen molar-refractivity contribution in [1.82, 2.24) is 10.2 Å². The number of carbonyl (C=O) groups excluding carboxylic acids is 2. The molecule has 21 heavy (non-hydrogen) atoms. The number of amides is 2. The van der Waals surface area contributed by atoms with E-state index in [0.717, 1.165) is 5.75 Å². The number of carboxylic acids is 1. The van der Waals surface area contributed by atoms with Crippen molar-refractivity contribution in [3.05, 3.63) is 0 Å². The first-order valence-electron chi connectivity index (χ1n) is 6.85. The van der Waals surface area contributed by atoms with Gasteiger partial charge in [-0.2, -0.15) is 11.8 Å². The van der Waals surface area contributed by atoms with Crippen LogP contribution in [-0.2, 0) is 14.3 Å². The largest absolute Gasteiger partial charge is 0.480 e. The summed E-state index contributed by atoms with van der Waals surface area (Å²) in [6, 6.07) is -1.44. The molecule has 0 aromatic rings. The number of nitrogens with zero attached hydrogens (tertiary/aromatic N) is 1. The van der Waals surface area contributed by atoms with E-state index >= 15 is 0 Å². The van der Waals surface area contributed by atoms with Gasteiger partial charge in [-0.25, -0.2) is 9.59 Å². The minimum Gasteiger partial charge on any atom is -0.480 e. The number of nitrogens with one attached hydrogen (secondary N) is 1. The van der Waals surface area contributed by atoms with Crippen molar-refractivity contribution < 1.29 is 24.2 Å². The molecule has 120 valence electrons. The van der Waals surface area contributed by atoms with Crippen molar-refractivity contribution in [3.8, 4) is 0 Å². The van der Waals surface area contributed by atoms with E-state index in [-0.39, 0.29) is 18.9 Å². The average molecular weight is 318 g/mol. The maximum absolute atomic E-state index is 12.2. The predicted octanol–water partition coefficient (Wildman–Crippen LogP) is 0.928. The summed E-state index contributed by atoms with van der Waals surface area (Å²) < 4.78 is 4.48. The molecule has 1 fully saturated rings. The Morgan fingerprint density at radius 3 is 2.67 bits per heavy atom. The van der Waals surface area contributed by atoms with E-state index in [0.29, 0.717) is 11.8 Å². The molecule has 2 N–H and O–H groups in total. The molecule has 0 spiro atoms. The molecule has 2 unspecified atom stereocenters. The highest BCUT2D eigenvalue weighted by Crippen LogP contribution is 2.24. The third-order valence-electron chi connectivity index (χ3n) is 3.61. The molecule has 0 bridgehead atoms. The number of hydrogen-bond acceptors (Lipinski definition) is 5. The van der Waals surface area contributed by atoms with Crippen LogP contribution in [0.2, 0.25) is 0 Å². The van der Waals surface area contributed by atoms with Gasteiger partial charge in [0.05, 0.1) is 7.11 Å². The zero-order valence-electron chi connectivity index (χ0n) is 12.5. The Labute approximate surface area is 128 Å². The van der Waals surface area contributed by atoms with E-state index in [1.165, 1.54) is 7.11 Å². The lowest BCUT2D eigenvalue weighted by atomic mass is 10.1. The van der Waals surface area contributed by atoms with E-state index < -0.39 is 24.0 Å². The summed E-state index contributed by atoms with van der Waals surface area (Å²) in [4.78, 5) is 36.1. The number of carboxylic acid groups (broad SMARTS) is 1. The molecule has 3 atom stereocenters. The van der Waals surface area contributed by atoms with Crippen molar-refractivity contribution in [2.75, 3.05) is 19.4 Å². The quantitative estimate of drug-likeness (QED) is 0.732. The van der Waals surface area contributed by atoms with Crippen LogP contribution in [0.3, 0.4) is 0 Å². The van der Waals surface area contributed by atoms with Crippen LogP contribution in [0, 0.1) is 0 Å². The molecule has 0 radical (unpaired) electrons. The van der Waals surface area contributed by atoms with Gasteiger partial charge in [0.1, 0.15) is 6.04 Å². The van der Waals surface area contributed by atoms with Crippen LogP contribution in [0.25, 0.3) is 0 Å². The number of urea groups is 1. The van der Waals surface area contributed by atoms with Gasteiger partial charge in [-0.15, -0.1) is 0 Å². The van der Waals surface area contributed by atoms with E-state index in [1.807, 2.05) is 13.8 Å². The molecule has 0 aromatic carbocycles. The Balaban J connectivity index is 2.59. The van der Waals surface area contributed by atoms with Crippen LogP contribution >= 0.6 is 11.8 Å². The van der Waals surface area contributed by atoms with Gasteiger partial charge in [-0.1, -0.05) is 6.92 Å². The molecule has 0 aromatic heterocycles. The zero-order valence-corrected chi connectivity index (χ0v) is 13.3. The summed E-state index contributed by atoms with van der Waals surface area (Å²) >= 11 is 1.79. The van der Waals surface area contributed by atoms with Crippen molar-refractivity contribution in [2.45, 2.75) is 44.0 Å². The van der Waals surface area contributed by atoms with Gasteiger partial charge in [0.25, 0.3) is 0 Å². The summed E-state index contributed by atoms with van der Waals surface area (Å²) in [6.45, 7) is 4.58. The number of hydrogen-bond donors (Lipinski definition) is 2. The van der Waals surface area contributed by atoms with Gasteiger partial charge in [0.15, 0.2) is 0 Å². The van der Waals surface area contributed by atoms with Gasteiger partial charge in [-0.05, 0) is 13.3 Å². The fourth-order valence-corrected chi connectivity index (χ4v) is 3.17. The summed E-state index contributed by atoms with van der Waals surface area (Å²) in [5.74, 6) is -0.815. The van der Waals surface area contributed by atoms with Gasteiger partial charge in [0, 0.05) is 30.0 Å². The van der Waals surface area contributed by atoms with Crippen molar-refractivity contribution in [2.24, 2.45) is 0 Å². The number of ether oxygens (including phenoxy) is 1. The molecule has 2 amide bonds. The Hall–Kier alpha value is -1.44. The van der Waals surface area contributed by atoms with Gasteiger partial charge < -0.3 is 20.1 Å². The number of esters is 1. The SMILES string of the molecule is COC(=O)CC[C@H](NC(=O)N1CCSC(C)C1C)C(=O)O.